The molecule has 18 heavy (non-hydrogen) atoms. The number of benzene rings is 1. The third kappa shape index (κ3) is 2.82. The maximum absolute atomic E-state index is 5.80. The lowest BCUT2D eigenvalue weighted by Crippen LogP contribution is -1.91. The van der Waals surface area contributed by atoms with Crippen molar-refractivity contribution >= 4 is 15.9 Å². The summed E-state index contributed by atoms with van der Waals surface area (Å²) >= 11 is 3.54. The Labute approximate surface area is 115 Å². The summed E-state index contributed by atoms with van der Waals surface area (Å²) < 4.78 is 12.0. The third-order valence-corrected chi connectivity index (χ3v) is 3.81. The van der Waals surface area contributed by atoms with Crippen molar-refractivity contribution in [3.63, 3.8) is 0 Å². The largest absolute Gasteiger partial charge is 0.481 e. The minimum absolute atomic E-state index is 0.540. The van der Waals surface area contributed by atoms with Gasteiger partial charge in [-0.2, -0.15) is 0 Å². The summed E-state index contributed by atoms with van der Waals surface area (Å²) in [5.74, 6) is 2.06. The van der Waals surface area contributed by atoms with Gasteiger partial charge in [0.1, 0.15) is 11.5 Å². The van der Waals surface area contributed by atoms with E-state index < -0.39 is 0 Å². The van der Waals surface area contributed by atoms with Crippen LogP contribution < -0.4 is 9.47 Å². The van der Waals surface area contributed by atoms with Gasteiger partial charge in [0.2, 0.25) is 5.88 Å². The zero-order valence-electron chi connectivity index (χ0n) is 10.5. The molecule has 0 N–H and O–H groups in total. The van der Waals surface area contributed by atoms with Gasteiger partial charge in [-0.05, 0) is 43.2 Å². The molecule has 1 aromatic carbocycles. The van der Waals surface area contributed by atoms with Crippen LogP contribution in [0.25, 0.3) is 0 Å². The van der Waals surface area contributed by atoms with E-state index in [2.05, 4.69) is 20.9 Å². The van der Waals surface area contributed by atoms with Gasteiger partial charge in [-0.15, -0.1) is 0 Å². The van der Waals surface area contributed by atoms with Crippen molar-refractivity contribution in [1.29, 1.82) is 0 Å². The Kier molecular flexibility index (Phi) is 3.87. The van der Waals surface area contributed by atoms with E-state index >= 15 is 0 Å². The summed E-state index contributed by atoms with van der Waals surface area (Å²) in [6.45, 7) is 4.08. The van der Waals surface area contributed by atoms with E-state index in [1.807, 2.05) is 26.0 Å². The zero-order chi connectivity index (χ0) is 13.1. The molecule has 0 radical (unpaired) electrons. The van der Waals surface area contributed by atoms with Crippen molar-refractivity contribution in [2.24, 2.45) is 0 Å². The van der Waals surface area contributed by atoms with Crippen molar-refractivity contribution < 1.29 is 9.47 Å². The molecule has 0 saturated heterocycles. The SMILES string of the molecule is COc1cc(Oc2cc(C)c(Br)c(C)c2)ccn1. The standard InChI is InChI=1S/C14H14BrNO2/c1-9-6-12(7-10(2)14(9)15)18-11-4-5-16-13(8-11)17-3/h4-8H,1-3H3. The molecule has 0 aliphatic carbocycles. The molecule has 1 aromatic heterocycles. The number of hydrogen-bond donors (Lipinski definition) is 0. The predicted octanol–water partition coefficient (Wildman–Crippen LogP) is 4.26. The summed E-state index contributed by atoms with van der Waals surface area (Å²) in [6.07, 6.45) is 1.66. The fraction of sp³-hybridized carbons (Fsp3) is 0.214. The number of aryl methyl sites for hydroxylation is 2. The molecule has 0 fully saturated rings. The fourth-order valence-electron chi connectivity index (χ4n) is 1.67. The molecule has 0 bridgehead atoms. The first kappa shape index (κ1) is 12.9. The lowest BCUT2D eigenvalue weighted by Gasteiger charge is -2.10. The maximum atomic E-state index is 5.80. The number of rotatable bonds is 3. The first-order valence-corrected chi connectivity index (χ1v) is 6.34. The second-order valence-corrected chi connectivity index (χ2v) is 4.80. The van der Waals surface area contributed by atoms with Crippen molar-refractivity contribution in [1.82, 2.24) is 4.98 Å². The van der Waals surface area contributed by atoms with Gasteiger partial charge in [-0.3, -0.25) is 0 Å². The molecule has 3 nitrogen and oxygen atoms in total. The van der Waals surface area contributed by atoms with Crippen LogP contribution in [0.15, 0.2) is 34.9 Å². The highest BCUT2D eigenvalue weighted by Gasteiger charge is 2.05. The molecule has 0 aliphatic rings. The Bertz CT molecular complexity index is 546. The molecule has 2 aromatic rings. The van der Waals surface area contributed by atoms with Crippen molar-refractivity contribution in [3.8, 4) is 17.4 Å². The molecule has 0 amide bonds. The number of halogens is 1. The van der Waals surface area contributed by atoms with E-state index in [9.17, 15) is 0 Å². The molecule has 2 rings (SSSR count). The maximum Gasteiger partial charge on any atom is 0.216 e. The Hall–Kier alpha value is -1.55. The van der Waals surface area contributed by atoms with Gasteiger partial charge >= 0.3 is 0 Å². The second-order valence-electron chi connectivity index (χ2n) is 4.01. The highest BCUT2D eigenvalue weighted by molar-refractivity contribution is 9.10. The molecular formula is C14H14BrNO2. The number of hydrogen-bond acceptors (Lipinski definition) is 3. The first-order valence-electron chi connectivity index (χ1n) is 5.55. The van der Waals surface area contributed by atoms with E-state index in [0.29, 0.717) is 11.6 Å². The normalized spacial score (nSPS) is 10.2. The van der Waals surface area contributed by atoms with Crippen molar-refractivity contribution in [2.75, 3.05) is 7.11 Å². The molecule has 94 valence electrons. The highest BCUT2D eigenvalue weighted by atomic mass is 79.9. The Balaban J connectivity index is 2.28. The van der Waals surface area contributed by atoms with E-state index in [4.69, 9.17) is 9.47 Å². The average molecular weight is 308 g/mol. The van der Waals surface area contributed by atoms with E-state index in [1.54, 1.807) is 25.4 Å². The monoisotopic (exact) mass is 307 g/mol. The second kappa shape index (κ2) is 5.40. The van der Waals surface area contributed by atoms with Crippen LogP contribution in [-0.4, -0.2) is 12.1 Å². The zero-order valence-corrected chi connectivity index (χ0v) is 12.1. The molecule has 0 spiro atoms. The van der Waals surface area contributed by atoms with Crippen molar-refractivity contribution in [3.05, 3.63) is 46.1 Å². The molecule has 4 heteroatoms. The summed E-state index contributed by atoms with van der Waals surface area (Å²) in [5, 5.41) is 0. The highest BCUT2D eigenvalue weighted by Crippen LogP contribution is 2.30. The fourth-order valence-corrected chi connectivity index (χ4v) is 1.90. The van der Waals surface area contributed by atoms with Crippen LogP contribution in [-0.2, 0) is 0 Å². The lowest BCUT2D eigenvalue weighted by atomic mass is 10.1. The number of ether oxygens (including phenoxy) is 2. The topological polar surface area (TPSA) is 31.4 Å². The smallest absolute Gasteiger partial charge is 0.216 e. The Morgan fingerprint density at radius 2 is 1.72 bits per heavy atom. The van der Waals surface area contributed by atoms with Gasteiger partial charge in [0.05, 0.1) is 7.11 Å². The Morgan fingerprint density at radius 3 is 2.33 bits per heavy atom. The first-order chi connectivity index (χ1) is 8.60. The summed E-state index contributed by atoms with van der Waals surface area (Å²) in [5.41, 5.74) is 2.29. The molecule has 1 heterocycles. The van der Waals surface area contributed by atoms with Crippen LogP contribution in [0.1, 0.15) is 11.1 Å². The molecule has 0 atom stereocenters. The Morgan fingerprint density at radius 1 is 1.06 bits per heavy atom. The van der Waals surface area contributed by atoms with E-state index in [0.717, 1.165) is 21.3 Å². The molecule has 0 saturated carbocycles. The molecular weight excluding hydrogens is 294 g/mol. The number of nitrogens with zero attached hydrogens (tertiary/aromatic N) is 1. The summed E-state index contributed by atoms with van der Waals surface area (Å²) in [6, 6.07) is 7.54. The van der Waals surface area contributed by atoms with Crippen molar-refractivity contribution in [2.45, 2.75) is 13.8 Å². The van der Waals surface area contributed by atoms with Gasteiger partial charge in [0, 0.05) is 16.7 Å². The van der Waals surface area contributed by atoms with Crippen LogP contribution in [0.2, 0.25) is 0 Å². The van der Waals surface area contributed by atoms with E-state index in [1.165, 1.54) is 0 Å². The quantitative estimate of drug-likeness (QED) is 0.849. The third-order valence-electron chi connectivity index (χ3n) is 2.56. The number of pyridine rings is 1. The average Bonchev–Trinajstić information content (AvgIpc) is 2.36. The summed E-state index contributed by atoms with van der Waals surface area (Å²) in [4.78, 5) is 4.04. The summed E-state index contributed by atoms with van der Waals surface area (Å²) in [7, 11) is 1.58. The van der Waals surface area contributed by atoms with Gasteiger partial charge in [-0.25, -0.2) is 4.98 Å². The number of methoxy groups -OCH3 is 1. The van der Waals surface area contributed by atoms with Gasteiger partial charge in [0.25, 0.3) is 0 Å². The number of aromatic nitrogens is 1. The van der Waals surface area contributed by atoms with Crippen LogP contribution in [0.4, 0.5) is 0 Å². The minimum atomic E-state index is 0.540. The van der Waals surface area contributed by atoms with Crippen LogP contribution in [0.3, 0.4) is 0 Å². The lowest BCUT2D eigenvalue weighted by molar-refractivity contribution is 0.392. The van der Waals surface area contributed by atoms with Crippen LogP contribution >= 0.6 is 15.9 Å². The minimum Gasteiger partial charge on any atom is -0.481 e. The van der Waals surface area contributed by atoms with Crippen LogP contribution in [0.5, 0.6) is 17.4 Å². The molecule has 0 aliphatic heterocycles. The van der Waals surface area contributed by atoms with E-state index in [-0.39, 0.29) is 0 Å². The predicted molar refractivity (Wildman–Crippen MR) is 74.5 cm³/mol. The molecule has 0 unspecified atom stereocenters. The van der Waals surface area contributed by atoms with Gasteiger partial charge < -0.3 is 9.47 Å². The van der Waals surface area contributed by atoms with Crippen LogP contribution in [0, 0.1) is 13.8 Å². The van der Waals surface area contributed by atoms with Gasteiger partial charge in [0.15, 0.2) is 0 Å². The van der Waals surface area contributed by atoms with Gasteiger partial charge in [-0.1, -0.05) is 15.9 Å².